The van der Waals surface area contributed by atoms with E-state index in [-0.39, 0.29) is 6.42 Å². The molecular formula is C9H11F7O. The lowest BCUT2D eigenvalue weighted by atomic mass is 10.3. The van der Waals surface area contributed by atoms with Gasteiger partial charge >= 0.3 is 12.3 Å². The van der Waals surface area contributed by atoms with Crippen molar-refractivity contribution in [3.8, 4) is 0 Å². The molecule has 0 amide bonds. The SMILES string of the molecule is CCCCCOC(F)(F)C(F)=C(F)C(F)(F)F. The van der Waals surface area contributed by atoms with Crippen LogP contribution in [0.5, 0.6) is 0 Å². The molecule has 1 nitrogen and oxygen atoms in total. The van der Waals surface area contributed by atoms with E-state index in [1.54, 1.807) is 6.92 Å². The van der Waals surface area contributed by atoms with Crippen LogP contribution in [-0.4, -0.2) is 18.9 Å². The van der Waals surface area contributed by atoms with Crippen molar-refractivity contribution >= 4 is 0 Å². The highest BCUT2D eigenvalue weighted by Crippen LogP contribution is 2.37. The van der Waals surface area contributed by atoms with E-state index in [1.165, 1.54) is 0 Å². The fourth-order valence-corrected chi connectivity index (χ4v) is 0.868. The van der Waals surface area contributed by atoms with Gasteiger partial charge in [-0.05, 0) is 6.42 Å². The van der Waals surface area contributed by atoms with Gasteiger partial charge in [0.05, 0.1) is 6.61 Å². The highest BCUT2D eigenvalue weighted by molar-refractivity contribution is 5.10. The van der Waals surface area contributed by atoms with Crippen LogP contribution in [0.1, 0.15) is 26.2 Å². The largest absolute Gasteiger partial charge is 0.445 e. The maximum Gasteiger partial charge on any atom is 0.445 e. The van der Waals surface area contributed by atoms with E-state index in [0.29, 0.717) is 12.8 Å². The third kappa shape index (κ3) is 5.38. The first-order valence-corrected chi connectivity index (χ1v) is 4.77. The molecule has 0 aromatic rings. The summed E-state index contributed by atoms with van der Waals surface area (Å²) in [5, 5.41) is 0. The molecule has 0 aliphatic carbocycles. The van der Waals surface area contributed by atoms with Crippen molar-refractivity contribution in [3.63, 3.8) is 0 Å². The number of ether oxygens (including phenoxy) is 1. The second-order valence-electron chi connectivity index (χ2n) is 3.20. The minimum Gasteiger partial charge on any atom is -0.315 e. The van der Waals surface area contributed by atoms with Gasteiger partial charge < -0.3 is 4.74 Å². The molecule has 17 heavy (non-hydrogen) atoms. The van der Waals surface area contributed by atoms with E-state index < -0.39 is 30.5 Å². The Morgan fingerprint density at radius 2 is 1.47 bits per heavy atom. The predicted molar refractivity (Wildman–Crippen MR) is 45.7 cm³/mol. The Morgan fingerprint density at radius 3 is 1.88 bits per heavy atom. The van der Waals surface area contributed by atoms with E-state index in [0.717, 1.165) is 0 Å². The smallest absolute Gasteiger partial charge is 0.315 e. The summed E-state index contributed by atoms with van der Waals surface area (Å²) in [6.07, 6.45) is -9.42. The zero-order valence-corrected chi connectivity index (χ0v) is 8.88. The van der Waals surface area contributed by atoms with Gasteiger partial charge in [0.25, 0.3) is 0 Å². The molecule has 0 saturated heterocycles. The Hall–Kier alpha value is -0.790. The van der Waals surface area contributed by atoms with Crippen molar-refractivity contribution in [1.29, 1.82) is 0 Å². The van der Waals surface area contributed by atoms with Gasteiger partial charge in [-0.2, -0.15) is 30.7 Å². The molecule has 0 aromatic heterocycles. The molecule has 0 fully saturated rings. The Bertz CT molecular complexity index is 269. The van der Waals surface area contributed by atoms with Gasteiger partial charge in [0.1, 0.15) is 0 Å². The molecule has 0 atom stereocenters. The molecule has 0 aliphatic rings. The normalized spacial score (nSPS) is 14.8. The van der Waals surface area contributed by atoms with Crippen molar-refractivity contribution in [2.45, 2.75) is 38.5 Å². The van der Waals surface area contributed by atoms with Crippen molar-refractivity contribution in [2.24, 2.45) is 0 Å². The van der Waals surface area contributed by atoms with E-state index in [1.807, 2.05) is 0 Å². The minimum atomic E-state index is -5.79. The van der Waals surface area contributed by atoms with Crippen LogP contribution in [0.3, 0.4) is 0 Å². The van der Waals surface area contributed by atoms with Gasteiger partial charge in [-0.25, -0.2) is 0 Å². The quantitative estimate of drug-likeness (QED) is 0.509. The number of hydrogen-bond donors (Lipinski definition) is 0. The fourth-order valence-electron chi connectivity index (χ4n) is 0.868. The zero-order valence-electron chi connectivity index (χ0n) is 8.88. The van der Waals surface area contributed by atoms with Crippen LogP contribution >= 0.6 is 0 Å². The maximum absolute atomic E-state index is 12.6. The van der Waals surface area contributed by atoms with Crippen LogP contribution in [0.4, 0.5) is 30.7 Å². The molecule has 0 radical (unpaired) electrons. The highest BCUT2D eigenvalue weighted by atomic mass is 19.4. The van der Waals surface area contributed by atoms with Crippen molar-refractivity contribution in [1.82, 2.24) is 0 Å². The van der Waals surface area contributed by atoms with Crippen molar-refractivity contribution in [2.75, 3.05) is 6.61 Å². The fraction of sp³-hybridized carbons (Fsp3) is 0.778. The molecule has 0 spiro atoms. The Morgan fingerprint density at radius 1 is 0.941 bits per heavy atom. The molecule has 0 saturated carbocycles. The van der Waals surface area contributed by atoms with Crippen molar-refractivity contribution in [3.05, 3.63) is 11.7 Å². The summed E-state index contributed by atoms with van der Waals surface area (Å²) in [6.45, 7) is 1.10. The molecule has 0 unspecified atom stereocenters. The number of alkyl halides is 5. The molecule has 8 heteroatoms. The number of unbranched alkanes of at least 4 members (excludes halogenated alkanes) is 2. The van der Waals surface area contributed by atoms with Crippen LogP contribution in [0, 0.1) is 0 Å². The average molecular weight is 268 g/mol. The summed E-state index contributed by atoms with van der Waals surface area (Å²) < 4.78 is 88.4. The molecule has 0 aromatic carbocycles. The molecule has 0 heterocycles. The summed E-state index contributed by atoms with van der Waals surface area (Å²) in [4.78, 5) is 0. The lowest BCUT2D eigenvalue weighted by molar-refractivity contribution is -0.226. The lowest BCUT2D eigenvalue weighted by Gasteiger charge is -2.16. The first-order chi connectivity index (χ1) is 7.63. The molecule has 102 valence electrons. The first-order valence-electron chi connectivity index (χ1n) is 4.77. The van der Waals surface area contributed by atoms with Crippen LogP contribution < -0.4 is 0 Å². The summed E-state index contributed by atoms with van der Waals surface area (Å²) >= 11 is 0. The summed E-state index contributed by atoms with van der Waals surface area (Å²) in [6, 6.07) is 0. The van der Waals surface area contributed by atoms with Crippen LogP contribution in [-0.2, 0) is 4.74 Å². The summed E-state index contributed by atoms with van der Waals surface area (Å²) in [7, 11) is 0. The standard InChI is InChI=1S/C9H11F7O/c1-2-3-4-5-17-9(15,16)7(11)6(10)8(12,13)14/h2-5H2,1H3. The first kappa shape index (κ1) is 16.2. The van der Waals surface area contributed by atoms with E-state index in [4.69, 9.17) is 0 Å². The maximum atomic E-state index is 12.6. The van der Waals surface area contributed by atoms with E-state index in [9.17, 15) is 30.7 Å². The zero-order chi connectivity index (χ0) is 13.7. The van der Waals surface area contributed by atoms with Crippen LogP contribution in [0.2, 0.25) is 0 Å². The minimum absolute atomic E-state index is 0.118. The number of rotatable bonds is 6. The summed E-state index contributed by atoms with van der Waals surface area (Å²) in [5.41, 5.74) is 0. The van der Waals surface area contributed by atoms with Gasteiger partial charge in [-0.3, -0.25) is 0 Å². The van der Waals surface area contributed by atoms with Gasteiger partial charge in [0, 0.05) is 0 Å². The van der Waals surface area contributed by atoms with Gasteiger partial charge in [0.2, 0.25) is 11.7 Å². The van der Waals surface area contributed by atoms with Crippen LogP contribution in [0.15, 0.2) is 11.7 Å². The number of halogens is 7. The van der Waals surface area contributed by atoms with Gasteiger partial charge in [0.15, 0.2) is 0 Å². The second-order valence-corrected chi connectivity index (χ2v) is 3.20. The predicted octanol–water partition coefficient (Wildman–Crippen LogP) is 4.50. The van der Waals surface area contributed by atoms with E-state index >= 15 is 0 Å². The number of hydrogen-bond acceptors (Lipinski definition) is 1. The molecule has 0 rings (SSSR count). The second kappa shape index (κ2) is 6.23. The number of allylic oxidation sites excluding steroid dienone is 1. The average Bonchev–Trinajstić information content (AvgIpc) is 2.21. The van der Waals surface area contributed by atoms with Gasteiger partial charge in [-0.1, -0.05) is 19.8 Å². The third-order valence-electron chi connectivity index (χ3n) is 1.73. The topological polar surface area (TPSA) is 9.23 Å². The lowest BCUT2D eigenvalue weighted by Crippen LogP contribution is -2.26. The molecule has 0 aliphatic heterocycles. The Labute approximate surface area is 93.2 Å². The highest BCUT2D eigenvalue weighted by Gasteiger charge is 2.48. The van der Waals surface area contributed by atoms with Crippen LogP contribution in [0.25, 0.3) is 0 Å². The van der Waals surface area contributed by atoms with Crippen molar-refractivity contribution < 1.29 is 35.5 Å². The molecular weight excluding hydrogens is 257 g/mol. The van der Waals surface area contributed by atoms with Gasteiger partial charge in [-0.15, -0.1) is 0 Å². The monoisotopic (exact) mass is 268 g/mol. The Balaban J connectivity index is 4.59. The Kier molecular flexibility index (Phi) is 5.94. The molecule has 0 bridgehead atoms. The molecule has 0 N–H and O–H groups in total. The third-order valence-corrected chi connectivity index (χ3v) is 1.73. The van der Waals surface area contributed by atoms with E-state index in [2.05, 4.69) is 4.74 Å². The summed E-state index contributed by atoms with van der Waals surface area (Å²) in [5.74, 6) is -6.72.